The van der Waals surface area contributed by atoms with Crippen LogP contribution in [0.1, 0.15) is 25.1 Å². The largest absolute Gasteiger partial charge is 0.510 e. The molecule has 0 amide bonds. The third-order valence-electron chi connectivity index (χ3n) is 7.82. The Morgan fingerprint density at radius 1 is 0.740 bits per heavy atom. The summed E-state index contributed by atoms with van der Waals surface area (Å²) in [5, 5.41) is 11.0. The number of para-hydroxylation sites is 1. The third-order valence-corrected chi connectivity index (χ3v) is 8.64. The molecule has 1 aliphatic carbocycles. The monoisotopic (exact) mass is 1210 g/mol. The molecular formula is C37H32Ir3N9S-5. The van der Waals surface area contributed by atoms with Crippen molar-refractivity contribution in [1.82, 2.24) is 29.7 Å². The number of anilines is 3. The first-order valence-corrected chi connectivity index (χ1v) is 15.9. The molecule has 13 heteroatoms. The fraction of sp³-hybridized carbons (Fsp3) is 0.108. The predicted molar refractivity (Wildman–Crippen MR) is 186 cm³/mol. The fourth-order valence-electron chi connectivity index (χ4n) is 5.50. The van der Waals surface area contributed by atoms with Crippen molar-refractivity contribution in [3.05, 3.63) is 171 Å². The van der Waals surface area contributed by atoms with E-state index in [1.807, 2.05) is 84.0 Å². The summed E-state index contributed by atoms with van der Waals surface area (Å²) in [5.74, 6) is 0.843. The quantitative estimate of drug-likeness (QED) is 0.174. The van der Waals surface area contributed by atoms with Crippen LogP contribution in [-0.4, -0.2) is 36.7 Å². The summed E-state index contributed by atoms with van der Waals surface area (Å²) >= 11 is 1.68. The summed E-state index contributed by atoms with van der Waals surface area (Å²) in [7, 11) is 2.00. The van der Waals surface area contributed by atoms with Gasteiger partial charge in [-0.2, -0.15) is 28.0 Å². The third kappa shape index (κ3) is 8.44. The van der Waals surface area contributed by atoms with Crippen molar-refractivity contribution < 1.29 is 60.3 Å². The van der Waals surface area contributed by atoms with Crippen LogP contribution < -0.4 is 14.7 Å². The molecule has 3 aliphatic rings. The standard InChI is InChI=1S/C18H17N3.C13H10N2S.C6H5N4.3Ir/c1-18(2)15-7-5-4-6-13(15)14-8-9-16(19-17(14)18)21-11-10-20(3)12-21;1-2-5-12(6-3-1)14-8-9-15(11-14)13-7-4-10-16-13;1-3-7-9(5-1)10-6-2-4-8-10;;;/h4-8,10-12H,1-3H3;1-6,8-11H;1-5H;;;/q2*-2;-1;;;. The maximum absolute atomic E-state index is 4.90. The van der Waals surface area contributed by atoms with E-state index < -0.39 is 0 Å². The van der Waals surface area contributed by atoms with Gasteiger partial charge in [0.25, 0.3) is 0 Å². The molecule has 0 saturated heterocycles. The normalized spacial score (nSPS) is 14.3. The van der Waals surface area contributed by atoms with Crippen LogP contribution in [0.4, 0.5) is 16.5 Å². The van der Waals surface area contributed by atoms with E-state index in [0.717, 1.165) is 22.2 Å². The SMILES string of the molecule is CN1C=CN(c2[c-]cc3c(n2)C(C)(C)c2ccccc2-3)[CH-]1.[Ir].[Ir].[Ir].[c-]1ccnn1-n1cccn1.[c-]1ccsc1N1C=CN(c2ccccc2)[CH-]1. The average molecular weight is 1210 g/mol. The van der Waals surface area contributed by atoms with Crippen molar-refractivity contribution in [1.29, 1.82) is 0 Å². The Bertz CT molecular complexity index is 1930. The predicted octanol–water partition coefficient (Wildman–Crippen LogP) is 7.18. The van der Waals surface area contributed by atoms with Crippen LogP contribution in [0.2, 0.25) is 0 Å². The molecule has 0 atom stereocenters. The molecule has 6 heterocycles. The van der Waals surface area contributed by atoms with Gasteiger partial charge in [-0.3, -0.25) is 26.2 Å². The van der Waals surface area contributed by atoms with Gasteiger partial charge in [0.15, 0.2) is 0 Å². The van der Waals surface area contributed by atoms with Gasteiger partial charge in [-0.25, -0.2) is 24.3 Å². The molecule has 0 fully saturated rings. The Balaban J connectivity index is 0.000000173. The van der Waals surface area contributed by atoms with Crippen LogP contribution in [0.15, 0.2) is 128 Å². The summed E-state index contributed by atoms with van der Waals surface area (Å²) in [6.45, 7) is 8.53. The van der Waals surface area contributed by atoms with Gasteiger partial charge in [-0.1, -0.05) is 61.9 Å². The molecule has 0 spiro atoms. The molecular weight excluding hydrogens is 1180 g/mol. The van der Waals surface area contributed by atoms with E-state index in [0.29, 0.717) is 0 Å². The fourth-order valence-corrected chi connectivity index (χ4v) is 6.13. The second-order valence-corrected chi connectivity index (χ2v) is 12.2. The smallest absolute Gasteiger partial charge is 0.0510 e. The van der Waals surface area contributed by atoms with E-state index >= 15 is 0 Å². The average Bonchev–Trinajstić information content (AvgIpc) is 3.95. The Hall–Kier alpha value is -3.66. The van der Waals surface area contributed by atoms with Gasteiger partial charge in [0.2, 0.25) is 0 Å². The molecule has 2 aromatic carbocycles. The number of thiophene rings is 1. The minimum atomic E-state index is -0.0644. The first-order chi connectivity index (χ1) is 23.0. The van der Waals surface area contributed by atoms with Gasteiger partial charge in [0, 0.05) is 83.4 Å². The van der Waals surface area contributed by atoms with E-state index in [-0.39, 0.29) is 65.7 Å². The molecule has 0 unspecified atom stereocenters. The van der Waals surface area contributed by atoms with Crippen molar-refractivity contribution in [2.24, 2.45) is 0 Å². The number of benzene rings is 2. The Kier molecular flexibility index (Phi) is 13.7. The van der Waals surface area contributed by atoms with Crippen LogP contribution in [-0.2, 0) is 65.7 Å². The summed E-state index contributed by atoms with van der Waals surface area (Å²) in [5.41, 5.74) is 6.06. The van der Waals surface area contributed by atoms with Crippen LogP contribution in [0.3, 0.4) is 0 Å². The Morgan fingerprint density at radius 2 is 1.50 bits per heavy atom. The first-order valence-electron chi connectivity index (χ1n) is 15.1. The van der Waals surface area contributed by atoms with Crippen LogP contribution in [0, 0.1) is 31.7 Å². The molecule has 0 bridgehead atoms. The molecule has 0 saturated carbocycles. The van der Waals surface area contributed by atoms with E-state index in [2.05, 4.69) is 101 Å². The first kappa shape index (κ1) is 39.1. The number of nitrogens with zero attached hydrogens (tertiary/aromatic N) is 9. The summed E-state index contributed by atoms with van der Waals surface area (Å²) in [6, 6.07) is 32.9. The topological polar surface area (TPSA) is 61.5 Å². The van der Waals surface area contributed by atoms with Crippen LogP contribution >= 0.6 is 11.3 Å². The van der Waals surface area contributed by atoms with Crippen LogP contribution in [0.5, 0.6) is 0 Å². The number of hydrogen-bond acceptors (Lipinski definition) is 8. The zero-order valence-corrected chi connectivity index (χ0v) is 35.2. The molecule has 263 valence electrons. The number of hydrogen-bond donors (Lipinski definition) is 0. The molecule has 3 radical (unpaired) electrons. The molecule has 9 rings (SSSR count). The second-order valence-electron chi connectivity index (χ2n) is 11.4. The minimum absolute atomic E-state index is 0. The summed E-state index contributed by atoms with van der Waals surface area (Å²) in [4.78, 5) is 16.2. The van der Waals surface area contributed by atoms with Gasteiger partial charge in [-0.05, 0) is 66.3 Å². The van der Waals surface area contributed by atoms with Gasteiger partial charge in [0.05, 0.1) is 6.20 Å². The van der Waals surface area contributed by atoms with Crippen molar-refractivity contribution >= 4 is 27.8 Å². The Labute approximate surface area is 338 Å². The van der Waals surface area contributed by atoms with Gasteiger partial charge in [0.1, 0.15) is 0 Å². The van der Waals surface area contributed by atoms with Gasteiger partial charge in [-0.15, -0.1) is 24.6 Å². The zero-order chi connectivity index (χ0) is 32.2. The van der Waals surface area contributed by atoms with Gasteiger partial charge < -0.3 is 19.6 Å². The summed E-state index contributed by atoms with van der Waals surface area (Å²) < 4.78 is 0. The van der Waals surface area contributed by atoms with E-state index in [9.17, 15) is 0 Å². The molecule has 0 N–H and O–H groups in total. The number of rotatable bonds is 4. The maximum Gasteiger partial charge on any atom is 0.0510 e. The molecule has 6 aromatic rings. The zero-order valence-electron chi connectivity index (χ0n) is 27.2. The van der Waals surface area contributed by atoms with E-state index in [1.165, 1.54) is 21.5 Å². The summed E-state index contributed by atoms with van der Waals surface area (Å²) in [6.07, 6.45) is 16.1. The molecule has 50 heavy (non-hydrogen) atoms. The minimum Gasteiger partial charge on any atom is -0.510 e. The van der Waals surface area contributed by atoms with Crippen molar-refractivity contribution in [3.8, 4) is 11.1 Å². The van der Waals surface area contributed by atoms with E-state index in [4.69, 9.17) is 4.98 Å². The van der Waals surface area contributed by atoms with E-state index in [1.54, 1.807) is 40.8 Å². The number of aromatic nitrogens is 5. The van der Waals surface area contributed by atoms with Crippen molar-refractivity contribution in [2.45, 2.75) is 19.3 Å². The molecule has 2 aliphatic heterocycles. The maximum atomic E-state index is 4.90. The van der Waals surface area contributed by atoms with Gasteiger partial charge >= 0.3 is 0 Å². The molecule has 9 nitrogen and oxygen atoms in total. The molecule has 4 aromatic heterocycles. The van der Waals surface area contributed by atoms with Crippen molar-refractivity contribution in [3.63, 3.8) is 0 Å². The Morgan fingerprint density at radius 3 is 2.18 bits per heavy atom. The number of pyridine rings is 1. The van der Waals surface area contributed by atoms with Crippen molar-refractivity contribution in [2.75, 3.05) is 21.7 Å². The van der Waals surface area contributed by atoms with Crippen LogP contribution in [0.25, 0.3) is 11.1 Å². The number of fused-ring (bicyclic) bond motifs is 3. The second kappa shape index (κ2) is 17.5.